The number of benzene rings is 2. The van der Waals surface area contributed by atoms with Crippen LogP contribution in [-0.2, 0) is 16.4 Å². The Morgan fingerprint density at radius 2 is 1.90 bits per heavy atom. The highest BCUT2D eigenvalue weighted by Crippen LogP contribution is 2.30. The van der Waals surface area contributed by atoms with Crippen molar-refractivity contribution in [1.29, 1.82) is 0 Å². The molecule has 0 aromatic heterocycles. The van der Waals surface area contributed by atoms with Crippen molar-refractivity contribution in [3.63, 3.8) is 0 Å². The van der Waals surface area contributed by atoms with Gasteiger partial charge in [-0.25, -0.2) is 8.42 Å². The third kappa shape index (κ3) is 4.86. The average Bonchev–Trinajstić information content (AvgIpc) is 3.26. The highest BCUT2D eigenvalue weighted by atomic mass is 35.5. The molecular weight excluding hydrogens is 435 g/mol. The Morgan fingerprint density at radius 3 is 2.59 bits per heavy atom. The topological polar surface area (TPSA) is 75.7 Å². The largest absolute Gasteiger partial charge is 0.495 e. The number of sulfonamides is 1. The normalized spacial score (nSPS) is 14.7. The van der Waals surface area contributed by atoms with Crippen LogP contribution in [0.25, 0.3) is 0 Å². The van der Waals surface area contributed by atoms with E-state index >= 15 is 0 Å². The quantitative estimate of drug-likeness (QED) is 0.687. The molecular formula is C20H22Cl2N2O4S. The lowest BCUT2D eigenvalue weighted by atomic mass is 10.1. The maximum Gasteiger partial charge on any atom is 0.251 e. The SMILES string of the molecule is COc1ccc(C(=O)NCCc2cccc(Cl)c2Cl)cc1S(=O)(=O)N1CCCC1. The summed E-state index contributed by atoms with van der Waals surface area (Å²) in [4.78, 5) is 12.6. The predicted octanol–water partition coefficient (Wildman–Crippen LogP) is 3.76. The van der Waals surface area contributed by atoms with Crippen molar-refractivity contribution in [1.82, 2.24) is 9.62 Å². The molecule has 2 aromatic carbocycles. The maximum absolute atomic E-state index is 12.9. The molecule has 1 fully saturated rings. The zero-order valence-electron chi connectivity index (χ0n) is 16.0. The van der Waals surface area contributed by atoms with E-state index in [-0.39, 0.29) is 22.1 Å². The molecule has 0 saturated carbocycles. The lowest BCUT2D eigenvalue weighted by Gasteiger charge is -2.18. The summed E-state index contributed by atoms with van der Waals surface area (Å²) in [6, 6.07) is 9.76. The second-order valence-corrected chi connectivity index (χ2v) is 9.39. The zero-order valence-corrected chi connectivity index (χ0v) is 18.3. The van der Waals surface area contributed by atoms with Crippen molar-refractivity contribution < 1.29 is 17.9 Å². The average molecular weight is 457 g/mol. The van der Waals surface area contributed by atoms with Crippen molar-refractivity contribution >= 4 is 39.1 Å². The number of hydrogen-bond donors (Lipinski definition) is 1. The fraction of sp³-hybridized carbons (Fsp3) is 0.350. The van der Waals surface area contributed by atoms with Gasteiger partial charge in [0.2, 0.25) is 10.0 Å². The molecule has 2 aromatic rings. The first-order chi connectivity index (χ1) is 13.8. The Bertz CT molecular complexity index is 1010. The molecule has 0 atom stereocenters. The fourth-order valence-corrected chi connectivity index (χ4v) is 5.35. The van der Waals surface area contributed by atoms with Gasteiger partial charge in [0, 0.05) is 25.2 Å². The summed E-state index contributed by atoms with van der Waals surface area (Å²) in [5.41, 5.74) is 1.08. The lowest BCUT2D eigenvalue weighted by molar-refractivity contribution is 0.0954. The Kier molecular flexibility index (Phi) is 7.05. The van der Waals surface area contributed by atoms with Gasteiger partial charge in [0.05, 0.1) is 17.2 Å². The summed E-state index contributed by atoms with van der Waals surface area (Å²) in [7, 11) is -2.31. The summed E-state index contributed by atoms with van der Waals surface area (Å²) in [6.07, 6.45) is 2.15. The number of rotatable bonds is 7. The van der Waals surface area contributed by atoms with Gasteiger partial charge in [-0.15, -0.1) is 0 Å². The first-order valence-corrected chi connectivity index (χ1v) is 11.4. The van der Waals surface area contributed by atoms with Gasteiger partial charge in [0.1, 0.15) is 10.6 Å². The van der Waals surface area contributed by atoms with E-state index in [0.717, 1.165) is 18.4 Å². The third-order valence-electron chi connectivity index (χ3n) is 4.82. The van der Waals surface area contributed by atoms with Crippen LogP contribution in [0.3, 0.4) is 0 Å². The van der Waals surface area contributed by atoms with Crippen molar-refractivity contribution in [2.75, 3.05) is 26.7 Å². The van der Waals surface area contributed by atoms with E-state index in [1.165, 1.54) is 23.5 Å². The molecule has 9 heteroatoms. The van der Waals surface area contributed by atoms with Gasteiger partial charge < -0.3 is 10.1 Å². The summed E-state index contributed by atoms with van der Waals surface area (Å²) in [5, 5.41) is 3.72. The van der Waals surface area contributed by atoms with Gasteiger partial charge >= 0.3 is 0 Å². The maximum atomic E-state index is 12.9. The molecule has 1 amide bonds. The van der Waals surface area contributed by atoms with E-state index in [9.17, 15) is 13.2 Å². The van der Waals surface area contributed by atoms with Crippen LogP contribution in [0.2, 0.25) is 10.0 Å². The van der Waals surface area contributed by atoms with Crippen LogP contribution in [0.15, 0.2) is 41.3 Å². The smallest absolute Gasteiger partial charge is 0.251 e. The Labute approximate surface area is 180 Å². The molecule has 0 unspecified atom stereocenters. The number of carbonyl (C=O) groups is 1. The molecule has 29 heavy (non-hydrogen) atoms. The highest BCUT2D eigenvalue weighted by Gasteiger charge is 2.30. The summed E-state index contributed by atoms with van der Waals surface area (Å²) >= 11 is 12.2. The summed E-state index contributed by atoms with van der Waals surface area (Å²) in [6.45, 7) is 1.28. The predicted molar refractivity (Wildman–Crippen MR) is 113 cm³/mol. The van der Waals surface area contributed by atoms with E-state index in [1.54, 1.807) is 18.2 Å². The monoisotopic (exact) mass is 456 g/mol. The Morgan fingerprint density at radius 1 is 1.17 bits per heavy atom. The molecule has 0 bridgehead atoms. The van der Waals surface area contributed by atoms with Crippen LogP contribution in [-0.4, -0.2) is 45.4 Å². The molecule has 0 radical (unpaired) electrons. The number of halogens is 2. The minimum absolute atomic E-state index is 0.00688. The van der Waals surface area contributed by atoms with E-state index in [2.05, 4.69) is 5.32 Å². The van der Waals surface area contributed by atoms with Crippen molar-refractivity contribution in [3.8, 4) is 5.75 Å². The number of methoxy groups -OCH3 is 1. The van der Waals surface area contributed by atoms with Gasteiger partial charge in [-0.2, -0.15) is 4.31 Å². The standard InChI is InChI=1S/C20H22Cl2N2O4S/c1-28-17-8-7-15(13-18(17)29(26,27)24-11-2-3-12-24)20(25)23-10-9-14-5-4-6-16(21)19(14)22/h4-8,13H,2-3,9-12H2,1H3,(H,23,25). The van der Waals surface area contributed by atoms with Crippen LogP contribution >= 0.6 is 23.2 Å². The first-order valence-electron chi connectivity index (χ1n) is 9.24. The summed E-state index contributed by atoms with van der Waals surface area (Å²) < 4.78 is 32.5. The molecule has 6 nitrogen and oxygen atoms in total. The number of hydrogen-bond acceptors (Lipinski definition) is 4. The first kappa shape index (κ1) is 21.9. The molecule has 1 N–H and O–H groups in total. The van der Waals surface area contributed by atoms with Crippen LogP contribution in [0.4, 0.5) is 0 Å². The second kappa shape index (κ2) is 9.34. The van der Waals surface area contributed by atoms with E-state index < -0.39 is 10.0 Å². The minimum atomic E-state index is -3.72. The Balaban J connectivity index is 1.75. The van der Waals surface area contributed by atoms with Gasteiger partial charge in [-0.1, -0.05) is 35.3 Å². The molecule has 1 saturated heterocycles. The number of nitrogens with one attached hydrogen (secondary N) is 1. The number of nitrogens with zero attached hydrogens (tertiary/aromatic N) is 1. The van der Waals surface area contributed by atoms with E-state index in [0.29, 0.717) is 36.1 Å². The van der Waals surface area contributed by atoms with Crippen LogP contribution in [0, 0.1) is 0 Å². The van der Waals surface area contributed by atoms with Gasteiger partial charge in [-0.3, -0.25) is 4.79 Å². The summed E-state index contributed by atoms with van der Waals surface area (Å²) in [5.74, 6) is -0.150. The minimum Gasteiger partial charge on any atom is -0.495 e. The van der Waals surface area contributed by atoms with Crippen molar-refractivity contribution in [3.05, 3.63) is 57.6 Å². The fourth-order valence-electron chi connectivity index (χ4n) is 3.24. The van der Waals surface area contributed by atoms with Gasteiger partial charge in [0.25, 0.3) is 5.91 Å². The number of ether oxygens (including phenoxy) is 1. The van der Waals surface area contributed by atoms with E-state index in [4.69, 9.17) is 27.9 Å². The molecule has 1 heterocycles. The molecule has 156 valence electrons. The highest BCUT2D eigenvalue weighted by molar-refractivity contribution is 7.89. The van der Waals surface area contributed by atoms with Gasteiger partial charge in [-0.05, 0) is 49.1 Å². The molecule has 0 aliphatic carbocycles. The van der Waals surface area contributed by atoms with Crippen molar-refractivity contribution in [2.45, 2.75) is 24.2 Å². The third-order valence-corrected chi connectivity index (χ3v) is 7.60. The van der Waals surface area contributed by atoms with Crippen LogP contribution < -0.4 is 10.1 Å². The zero-order chi connectivity index (χ0) is 21.0. The molecule has 1 aliphatic rings. The van der Waals surface area contributed by atoms with Crippen molar-refractivity contribution in [2.24, 2.45) is 0 Å². The van der Waals surface area contributed by atoms with Crippen LogP contribution in [0.1, 0.15) is 28.8 Å². The molecule has 3 rings (SSSR count). The number of amides is 1. The Hall–Kier alpha value is -1.80. The van der Waals surface area contributed by atoms with Crippen LogP contribution in [0.5, 0.6) is 5.75 Å². The second-order valence-electron chi connectivity index (χ2n) is 6.70. The van der Waals surface area contributed by atoms with E-state index in [1.807, 2.05) is 6.07 Å². The van der Waals surface area contributed by atoms with Gasteiger partial charge in [0.15, 0.2) is 0 Å². The lowest BCUT2D eigenvalue weighted by Crippen LogP contribution is -2.29. The molecule has 0 spiro atoms. The number of carbonyl (C=O) groups excluding carboxylic acids is 1. The molecule has 1 aliphatic heterocycles.